The van der Waals surface area contributed by atoms with E-state index < -0.39 is 6.03 Å². The van der Waals surface area contributed by atoms with Crippen LogP contribution >= 0.6 is 11.6 Å². The van der Waals surface area contributed by atoms with E-state index >= 15 is 0 Å². The minimum atomic E-state index is -0.426. The van der Waals surface area contributed by atoms with E-state index in [-0.39, 0.29) is 5.91 Å². The molecule has 8 nitrogen and oxygen atoms in total. The van der Waals surface area contributed by atoms with Crippen LogP contribution in [0.1, 0.15) is 22.8 Å². The van der Waals surface area contributed by atoms with Gasteiger partial charge in [-0.2, -0.15) is 5.10 Å². The molecule has 0 radical (unpaired) electrons. The van der Waals surface area contributed by atoms with Gasteiger partial charge in [-0.15, -0.1) is 0 Å². The minimum Gasteiger partial charge on any atom is -0.493 e. The van der Waals surface area contributed by atoms with Crippen molar-refractivity contribution < 1.29 is 19.1 Å². The number of carbonyl (C=O) groups excluding carboxylic acids is 2. The first-order valence-electron chi connectivity index (χ1n) is 10.1. The van der Waals surface area contributed by atoms with Gasteiger partial charge in [-0.05, 0) is 73.2 Å². The summed E-state index contributed by atoms with van der Waals surface area (Å²) in [5.41, 5.74) is 4.69. The highest BCUT2D eigenvalue weighted by Crippen LogP contribution is 2.27. The van der Waals surface area contributed by atoms with Crippen molar-refractivity contribution >= 4 is 41.1 Å². The number of hydrogen-bond donors (Lipinski definition) is 3. The zero-order chi connectivity index (χ0) is 23.6. The smallest absolute Gasteiger partial charge is 0.323 e. The largest absolute Gasteiger partial charge is 0.493 e. The minimum absolute atomic E-state index is 0.386. The van der Waals surface area contributed by atoms with Gasteiger partial charge in [0.05, 0.1) is 19.9 Å². The average molecular weight is 467 g/mol. The molecule has 3 N–H and O–H groups in total. The highest BCUT2D eigenvalue weighted by atomic mass is 35.5. The molecule has 0 saturated heterocycles. The summed E-state index contributed by atoms with van der Waals surface area (Å²) in [4.78, 5) is 24.4. The standard InChI is InChI=1S/C24H23ClN4O4/c1-3-33-21-12-7-16(13-22(21)32-2)15-26-29-23(30)17-8-10-19(11-9-17)27-24(31)28-20-6-4-5-18(25)14-20/h4-15H,3H2,1-2H3,(H,29,30)(H2,27,28,31)/b26-15-. The van der Waals surface area contributed by atoms with Crippen LogP contribution in [0.25, 0.3) is 0 Å². The Morgan fingerprint density at radius 3 is 2.42 bits per heavy atom. The molecule has 3 amide bonds. The molecule has 0 aliphatic carbocycles. The summed E-state index contributed by atoms with van der Waals surface area (Å²) in [5, 5.41) is 9.87. The number of hydrazone groups is 1. The summed E-state index contributed by atoms with van der Waals surface area (Å²) < 4.78 is 10.8. The van der Waals surface area contributed by atoms with Crippen LogP contribution in [0.4, 0.5) is 16.2 Å². The molecule has 0 spiro atoms. The Hall–Kier alpha value is -4.04. The number of halogens is 1. The molecule has 0 unspecified atom stereocenters. The van der Waals surface area contributed by atoms with E-state index in [0.717, 1.165) is 5.56 Å². The molecule has 0 bridgehead atoms. The van der Waals surface area contributed by atoms with Crippen LogP contribution in [0, 0.1) is 0 Å². The normalized spacial score (nSPS) is 10.5. The Balaban J connectivity index is 1.54. The highest BCUT2D eigenvalue weighted by molar-refractivity contribution is 6.30. The first-order chi connectivity index (χ1) is 16.0. The van der Waals surface area contributed by atoms with E-state index in [1.807, 2.05) is 6.92 Å². The average Bonchev–Trinajstić information content (AvgIpc) is 2.80. The first-order valence-corrected chi connectivity index (χ1v) is 10.4. The van der Waals surface area contributed by atoms with Crippen LogP contribution in [0.5, 0.6) is 11.5 Å². The molecule has 9 heteroatoms. The van der Waals surface area contributed by atoms with Gasteiger partial charge < -0.3 is 20.1 Å². The van der Waals surface area contributed by atoms with Gasteiger partial charge in [-0.25, -0.2) is 10.2 Å². The van der Waals surface area contributed by atoms with E-state index in [9.17, 15) is 9.59 Å². The summed E-state index contributed by atoms with van der Waals surface area (Å²) in [6.07, 6.45) is 1.51. The number of hydrogen-bond acceptors (Lipinski definition) is 5. The van der Waals surface area contributed by atoms with Crippen molar-refractivity contribution in [1.29, 1.82) is 0 Å². The van der Waals surface area contributed by atoms with Crippen molar-refractivity contribution in [1.82, 2.24) is 5.43 Å². The van der Waals surface area contributed by atoms with Gasteiger partial charge in [0.25, 0.3) is 5.91 Å². The third kappa shape index (κ3) is 6.98. The molecule has 33 heavy (non-hydrogen) atoms. The maximum absolute atomic E-state index is 12.3. The molecule has 3 rings (SSSR count). The maximum atomic E-state index is 12.3. The van der Waals surface area contributed by atoms with Crippen molar-refractivity contribution in [2.24, 2.45) is 5.10 Å². The molecule has 0 atom stereocenters. The molecular weight excluding hydrogens is 444 g/mol. The summed E-state index contributed by atoms with van der Waals surface area (Å²) >= 11 is 5.91. The van der Waals surface area contributed by atoms with Crippen molar-refractivity contribution in [3.05, 3.63) is 82.9 Å². The van der Waals surface area contributed by atoms with Crippen molar-refractivity contribution in [3.8, 4) is 11.5 Å². The number of nitrogens with one attached hydrogen (secondary N) is 3. The third-order valence-electron chi connectivity index (χ3n) is 4.35. The maximum Gasteiger partial charge on any atom is 0.323 e. The summed E-state index contributed by atoms with van der Waals surface area (Å²) in [6.45, 7) is 2.42. The van der Waals surface area contributed by atoms with E-state index in [1.165, 1.54) is 6.21 Å². The van der Waals surface area contributed by atoms with Crippen molar-refractivity contribution in [3.63, 3.8) is 0 Å². The Labute approximate surface area is 196 Å². The summed E-state index contributed by atoms with van der Waals surface area (Å²) in [7, 11) is 1.56. The molecule has 0 heterocycles. The molecule has 3 aromatic rings. The van der Waals surface area contributed by atoms with Crippen LogP contribution in [0.3, 0.4) is 0 Å². The Bertz CT molecular complexity index is 1150. The van der Waals surface area contributed by atoms with Crippen LogP contribution in [-0.2, 0) is 0 Å². The fraction of sp³-hybridized carbons (Fsp3) is 0.125. The lowest BCUT2D eigenvalue weighted by Crippen LogP contribution is -2.20. The van der Waals surface area contributed by atoms with Crippen LogP contribution < -0.4 is 25.5 Å². The zero-order valence-electron chi connectivity index (χ0n) is 18.1. The lowest BCUT2D eigenvalue weighted by molar-refractivity contribution is 0.0955. The lowest BCUT2D eigenvalue weighted by Gasteiger charge is -2.09. The van der Waals surface area contributed by atoms with Crippen LogP contribution in [0.2, 0.25) is 5.02 Å². The molecule has 0 aliphatic rings. The van der Waals surface area contributed by atoms with Crippen LogP contribution in [-0.4, -0.2) is 31.9 Å². The molecule has 3 aromatic carbocycles. The molecule has 170 valence electrons. The van der Waals surface area contributed by atoms with Crippen LogP contribution in [0.15, 0.2) is 71.8 Å². The Kier molecular flexibility index (Phi) is 8.26. The molecule has 0 aromatic heterocycles. The number of amides is 3. The van der Waals surface area contributed by atoms with Gasteiger partial charge in [0.1, 0.15) is 0 Å². The predicted molar refractivity (Wildman–Crippen MR) is 130 cm³/mol. The second kappa shape index (κ2) is 11.5. The number of methoxy groups -OCH3 is 1. The Morgan fingerprint density at radius 1 is 0.970 bits per heavy atom. The first kappa shape index (κ1) is 23.6. The summed E-state index contributed by atoms with van der Waals surface area (Å²) in [5.74, 6) is 0.824. The Morgan fingerprint density at radius 2 is 1.73 bits per heavy atom. The van der Waals surface area contributed by atoms with Gasteiger partial charge >= 0.3 is 6.03 Å². The SMILES string of the molecule is CCOc1ccc(/C=N\NC(=O)c2ccc(NC(=O)Nc3cccc(Cl)c3)cc2)cc1OC. The number of urea groups is 1. The second-order valence-corrected chi connectivity index (χ2v) is 7.15. The molecule has 0 saturated carbocycles. The van der Waals surface area contributed by atoms with E-state index in [2.05, 4.69) is 21.2 Å². The fourth-order valence-electron chi connectivity index (χ4n) is 2.83. The fourth-order valence-corrected chi connectivity index (χ4v) is 3.02. The van der Waals surface area contributed by atoms with Crippen molar-refractivity contribution in [2.45, 2.75) is 6.92 Å². The van der Waals surface area contributed by atoms with Gasteiger partial charge in [-0.3, -0.25) is 4.79 Å². The predicted octanol–water partition coefficient (Wildman–Crippen LogP) is 5.16. The van der Waals surface area contributed by atoms with E-state index in [4.69, 9.17) is 21.1 Å². The van der Waals surface area contributed by atoms with E-state index in [1.54, 1.807) is 73.8 Å². The zero-order valence-corrected chi connectivity index (χ0v) is 18.8. The van der Waals surface area contributed by atoms with Gasteiger partial charge in [0.2, 0.25) is 0 Å². The van der Waals surface area contributed by atoms with Gasteiger partial charge in [-0.1, -0.05) is 17.7 Å². The topological polar surface area (TPSA) is 101 Å². The number of benzene rings is 3. The number of anilines is 2. The van der Waals surface area contributed by atoms with Crippen molar-refractivity contribution in [2.75, 3.05) is 24.4 Å². The molecule has 0 aliphatic heterocycles. The highest BCUT2D eigenvalue weighted by Gasteiger charge is 2.07. The third-order valence-corrected chi connectivity index (χ3v) is 4.59. The molecule has 0 fully saturated rings. The van der Waals surface area contributed by atoms with E-state index in [0.29, 0.717) is 40.1 Å². The quantitative estimate of drug-likeness (QED) is 0.315. The number of rotatable bonds is 8. The summed E-state index contributed by atoms with van der Waals surface area (Å²) in [6, 6.07) is 18.1. The number of nitrogens with zero attached hydrogens (tertiary/aromatic N) is 1. The molecular formula is C24H23ClN4O4. The number of carbonyl (C=O) groups is 2. The lowest BCUT2D eigenvalue weighted by atomic mass is 10.2. The number of ether oxygens (including phenoxy) is 2. The monoisotopic (exact) mass is 466 g/mol. The van der Waals surface area contributed by atoms with Gasteiger partial charge in [0.15, 0.2) is 11.5 Å². The second-order valence-electron chi connectivity index (χ2n) is 6.71. The van der Waals surface area contributed by atoms with Gasteiger partial charge in [0, 0.05) is 22.0 Å².